The van der Waals surface area contributed by atoms with E-state index in [0.29, 0.717) is 11.3 Å². The standard InChI is InChI=1S/C14H18N2O4S/c1-20-7-9-21(18,19)8-3-6-14(17)16-13-5-2-4-12(10-13)11-15/h2,4-5,10H,3,6-9H2,1H3,(H,16,17). The predicted octanol–water partition coefficient (Wildman–Crippen LogP) is 1.34. The average molecular weight is 310 g/mol. The molecular weight excluding hydrogens is 292 g/mol. The molecule has 21 heavy (non-hydrogen) atoms. The first-order valence-electron chi connectivity index (χ1n) is 6.46. The first-order valence-corrected chi connectivity index (χ1v) is 8.28. The van der Waals surface area contributed by atoms with E-state index in [2.05, 4.69) is 5.32 Å². The van der Waals surface area contributed by atoms with E-state index in [1.807, 2.05) is 6.07 Å². The van der Waals surface area contributed by atoms with Crippen LogP contribution in [-0.2, 0) is 19.4 Å². The molecule has 1 amide bonds. The third kappa shape index (κ3) is 6.88. The fraction of sp³-hybridized carbons (Fsp3) is 0.429. The number of rotatable bonds is 8. The molecule has 0 aliphatic carbocycles. The fourth-order valence-electron chi connectivity index (χ4n) is 1.65. The van der Waals surface area contributed by atoms with Crippen LogP contribution in [0.3, 0.4) is 0 Å². The Morgan fingerprint density at radius 1 is 1.38 bits per heavy atom. The van der Waals surface area contributed by atoms with Crippen molar-refractivity contribution >= 4 is 21.4 Å². The highest BCUT2D eigenvalue weighted by Gasteiger charge is 2.11. The third-order valence-corrected chi connectivity index (χ3v) is 4.43. The zero-order chi connectivity index (χ0) is 15.7. The summed E-state index contributed by atoms with van der Waals surface area (Å²) in [6.45, 7) is 0.162. The lowest BCUT2D eigenvalue weighted by Gasteiger charge is -2.06. The Kier molecular flexibility index (Phi) is 6.85. The third-order valence-electron chi connectivity index (χ3n) is 2.73. The van der Waals surface area contributed by atoms with E-state index in [9.17, 15) is 13.2 Å². The van der Waals surface area contributed by atoms with E-state index in [1.165, 1.54) is 7.11 Å². The van der Waals surface area contributed by atoms with Gasteiger partial charge in [-0.2, -0.15) is 5.26 Å². The molecule has 1 rings (SSSR count). The minimum absolute atomic E-state index is 0.0324. The van der Waals surface area contributed by atoms with E-state index in [4.69, 9.17) is 10.00 Å². The molecule has 114 valence electrons. The summed E-state index contributed by atoms with van der Waals surface area (Å²) >= 11 is 0. The van der Waals surface area contributed by atoms with Crippen LogP contribution < -0.4 is 5.32 Å². The van der Waals surface area contributed by atoms with E-state index >= 15 is 0 Å². The van der Waals surface area contributed by atoms with Crippen molar-refractivity contribution in [1.29, 1.82) is 5.26 Å². The summed E-state index contributed by atoms with van der Waals surface area (Å²) in [7, 11) is -1.73. The monoisotopic (exact) mass is 310 g/mol. The maximum absolute atomic E-state index is 11.7. The molecule has 1 aromatic rings. The lowest BCUT2D eigenvalue weighted by molar-refractivity contribution is -0.116. The molecule has 0 unspecified atom stereocenters. The molecule has 1 N–H and O–H groups in total. The number of carbonyl (C=O) groups excluding carboxylic acids is 1. The Balaban J connectivity index is 2.39. The zero-order valence-electron chi connectivity index (χ0n) is 11.8. The first-order chi connectivity index (χ1) is 9.96. The molecule has 0 aromatic heterocycles. The Bertz CT molecular complexity index is 620. The quantitative estimate of drug-likeness (QED) is 0.781. The summed E-state index contributed by atoms with van der Waals surface area (Å²) in [4.78, 5) is 11.7. The number of nitrogens with zero attached hydrogens (tertiary/aromatic N) is 1. The number of amides is 1. The summed E-state index contributed by atoms with van der Waals surface area (Å²) in [5.41, 5.74) is 0.983. The molecule has 0 atom stereocenters. The molecule has 7 heteroatoms. The number of benzene rings is 1. The van der Waals surface area contributed by atoms with E-state index in [1.54, 1.807) is 24.3 Å². The molecule has 0 aliphatic heterocycles. The number of ether oxygens (including phenoxy) is 1. The van der Waals surface area contributed by atoms with Gasteiger partial charge in [0.2, 0.25) is 5.91 Å². The van der Waals surface area contributed by atoms with E-state index in [0.717, 1.165) is 0 Å². The lowest BCUT2D eigenvalue weighted by Crippen LogP contribution is -2.17. The van der Waals surface area contributed by atoms with Crippen molar-refractivity contribution in [3.05, 3.63) is 29.8 Å². The van der Waals surface area contributed by atoms with Crippen LogP contribution in [-0.4, -0.2) is 39.5 Å². The van der Waals surface area contributed by atoms with E-state index in [-0.39, 0.29) is 36.9 Å². The van der Waals surface area contributed by atoms with Crippen molar-refractivity contribution in [2.75, 3.05) is 30.5 Å². The van der Waals surface area contributed by atoms with Gasteiger partial charge in [0.1, 0.15) is 0 Å². The van der Waals surface area contributed by atoms with Gasteiger partial charge in [-0.1, -0.05) is 6.07 Å². The fourth-order valence-corrected chi connectivity index (χ4v) is 2.86. The molecule has 6 nitrogen and oxygen atoms in total. The van der Waals surface area contributed by atoms with Crippen molar-refractivity contribution in [3.8, 4) is 6.07 Å². The van der Waals surface area contributed by atoms with E-state index < -0.39 is 9.84 Å². The molecule has 0 radical (unpaired) electrons. The van der Waals surface area contributed by atoms with Crippen LogP contribution >= 0.6 is 0 Å². The van der Waals surface area contributed by atoms with Gasteiger partial charge in [-0.15, -0.1) is 0 Å². The molecular formula is C14H18N2O4S. The Morgan fingerprint density at radius 2 is 2.14 bits per heavy atom. The minimum Gasteiger partial charge on any atom is -0.384 e. The van der Waals surface area contributed by atoms with Crippen LogP contribution in [0.5, 0.6) is 0 Å². The van der Waals surface area contributed by atoms with Gasteiger partial charge in [0, 0.05) is 19.2 Å². The van der Waals surface area contributed by atoms with Crippen LogP contribution in [0.1, 0.15) is 18.4 Å². The van der Waals surface area contributed by atoms with Crippen LogP contribution in [0.2, 0.25) is 0 Å². The van der Waals surface area contributed by atoms with Crippen LogP contribution in [0, 0.1) is 11.3 Å². The number of methoxy groups -OCH3 is 1. The highest BCUT2D eigenvalue weighted by atomic mass is 32.2. The van der Waals surface area contributed by atoms with Gasteiger partial charge in [0.15, 0.2) is 9.84 Å². The summed E-state index contributed by atoms with van der Waals surface area (Å²) in [6, 6.07) is 8.53. The van der Waals surface area contributed by atoms with Crippen LogP contribution in [0.25, 0.3) is 0 Å². The second kappa shape index (κ2) is 8.39. The molecule has 0 saturated carbocycles. The average Bonchev–Trinajstić information content (AvgIpc) is 2.45. The molecule has 0 spiro atoms. The Labute approximate surface area is 124 Å². The second-order valence-electron chi connectivity index (χ2n) is 4.49. The predicted molar refractivity (Wildman–Crippen MR) is 79.6 cm³/mol. The zero-order valence-corrected chi connectivity index (χ0v) is 12.6. The van der Waals surface area contributed by atoms with Gasteiger partial charge in [0.25, 0.3) is 0 Å². The highest BCUT2D eigenvalue weighted by molar-refractivity contribution is 7.91. The van der Waals surface area contributed by atoms with Crippen molar-refractivity contribution in [3.63, 3.8) is 0 Å². The molecule has 0 fully saturated rings. The van der Waals surface area contributed by atoms with Crippen molar-refractivity contribution < 1.29 is 17.9 Å². The summed E-state index contributed by atoms with van der Waals surface area (Å²) in [6.07, 6.45) is 0.374. The van der Waals surface area contributed by atoms with Crippen molar-refractivity contribution in [2.45, 2.75) is 12.8 Å². The number of nitrogens with one attached hydrogen (secondary N) is 1. The highest BCUT2D eigenvalue weighted by Crippen LogP contribution is 2.10. The molecule has 0 aliphatic rings. The maximum atomic E-state index is 11.7. The van der Waals surface area contributed by atoms with Gasteiger partial charge in [-0.05, 0) is 24.6 Å². The number of nitriles is 1. The van der Waals surface area contributed by atoms with Gasteiger partial charge >= 0.3 is 0 Å². The number of hydrogen-bond acceptors (Lipinski definition) is 5. The van der Waals surface area contributed by atoms with Gasteiger partial charge in [-0.3, -0.25) is 4.79 Å². The number of anilines is 1. The Hall–Kier alpha value is -1.91. The Morgan fingerprint density at radius 3 is 2.81 bits per heavy atom. The smallest absolute Gasteiger partial charge is 0.224 e. The van der Waals surface area contributed by atoms with Gasteiger partial charge in [0.05, 0.1) is 29.7 Å². The number of carbonyl (C=O) groups is 1. The topological polar surface area (TPSA) is 96.3 Å². The normalized spacial score (nSPS) is 10.9. The SMILES string of the molecule is COCCS(=O)(=O)CCCC(=O)Nc1cccc(C#N)c1. The largest absolute Gasteiger partial charge is 0.384 e. The maximum Gasteiger partial charge on any atom is 0.224 e. The van der Waals surface area contributed by atoms with Gasteiger partial charge in [-0.25, -0.2) is 8.42 Å². The van der Waals surface area contributed by atoms with Crippen molar-refractivity contribution in [1.82, 2.24) is 0 Å². The second-order valence-corrected chi connectivity index (χ2v) is 6.79. The minimum atomic E-state index is -3.17. The van der Waals surface area contributed by atoms with Crippen molar-refractivity contribution in [2.24, 2.45) is 0 Å². The summed E-state index contributed by atoms with van der Waals surface area (Å²) in [5.74, 6) is -0.343. The summed E-state index contributed by atoms with van der Waals surface area (Å²) < 4.78 is 27.9. The van der Waals surface area contributed by atoms with Crippen LogP contribution in [0.15, 0.2) is 24.3 Å². The number of hydrogen-bond donors (Lipinski definition) is 1. The lowest BCUT2D eigenvalue weighted by atomic mass is 10.2. The molecule has 1 aromatic carbocycles. The first kappa shape index (κ1) is 17.1. The van der Waals surface area contributed by atoms with Gasteiger partial charge < -0.3 is 10.1 Å². The van der Waals surface area contributed by atoms with Crippen LogP contribution in [0.4, 0.5) is 5.69 Å². The molecule has 0 saturated heterocycles. The molecule has 0 heterocycles. The number of sulfone groups is 1. The summed E-state index contributed by atoms with van der Waals surface area (Å²) in [5, 5.41) is 11.4. The molecule has 0 bridgehead atoms.